The van der Waals surface area contributed by atoms with E-state index < -0.39 is 0 Å². The predicted octanol–water partition coefficient (Wildman–Crippen LogP) is 1.66. The summed E-state index contributed by atoms with van der Waals surface area (Å²) in [6, 6.07) is 6.89. The summed E-state index contributed by atoms with van der Waals surface area (Å²) in [4.78, 5) is 29.2. The van der Waals surface area contributed by atoms with Crippen molar-refractivity contribution in [2.24, 2.45) is 0 Å². The van der Waals surface area contributed by atoms with E-state index in [-0.39, 0.29) is 25.0 Å². The smallest absolute Gasteiger partial charge is 0.277 e. The zero-order valence-electron chi connectivity index (χ0n) is 15.9. The highest BCUT2D eigenvalue weighted by atomic mass is 35.5. The molecule has 0 aliphatic carbocycles. The van der Waals surface area contributed by atoms with E-state index in [0.29, 0.717) is 48.2 Å². The maximum absolute atomic E-state index is 13.1. The highest BCUT2D eigenvalue weighted by molar-refractivity contribution is 6.36. The van der Waals surface area contributed by atoms with Crippen molar-refractivity contribution in [2.45, 2.75) is 0 Å². The number of hydrogen-bond donors (Lipinski definition) is 0. The van der Waals surface area contributed by atoms with Crippen LogP contribution in [0.2, 0.25) is 5.02 Å². The molecule has 0 radical (unpaired) electrons. The van der Waals surface area contributed by atoms with Gasteiger partial charge in [-0.1, -0.05) is 23.7 Å². The quantitative estimate of drug-likeness (QED) is 0.530. The number of imide groups is 1. The first kappa shape index (κ1) is 21.4. The first-order chi connectivity index (χ1) is 13.0. The van der Waals surface area contributed by atoms with Gasteiger partial charge in [-0.2, -0.15) is 0 Å². The Labute approximate surface area is 164 Å². The van der Waals surface area contributed by atoms with Crippen LogP contribution in [0.5, 0.6) is 0 Å². The molecule has 0 atom stereocenters. The van der Waals surface area contributed by atoms with Crippen LogP contribution in [0.3, 0.4) is 0 Å². The van der Waals surface area contributed by atoms with Gasteiger partial charge in [0.05, 0.1) is 31.9 Å². The standard InChI is InChI=1S/C19H25ClN2O5/c1-25-11-8-21(9-12-26-2)17-16(14-4-6-15(20)7-5-14)18(23)22(19(17)24)10-13-27-3/h4-7H,8-13H2,1-3H3. The van der Waals surface area contributed by atoms with Gasteiger partial charge in [-0.3, -0.25) is 14.5 Å². The largest absolute Gasteiger partial charge is 0.383 e. The molecule has 1 aromatic rings. The van der Waals surface area contributed by atoms with E-state index in [2.05, 4.69) is 0 Å². The number of amides is 2. The third-order valence-corrected chi connectivity index (χ3v) is 4.49. The van der Waals surface area contributed by atoms with Gasteiger partial charge in [-0.05, 0) is 17.7 Å². The summed E-state index contributed by atoms with van der Waals surface area (Å²) in [6.07, 6.45) is 0. The van der Waals surface area contributed by atoms with E-state index in [1.165, 1.54) is 12.0 Å². The lowest BCUT2D eigenvalue weighted by atomic mass is 10.0. The van der Waals surface area contributed by atoms with Crippen molar-refractivity contribution >= 4 is 29.0 Å². The van der Waals surface area contributed by atoms with E-state index in [1.807, 2.05) is 4.90 Å². The number of halogens is 1. The van der Waals surface area contributed by atoms with Crippen molar-refractivity contribution in [1.82, 2.24) is 9.80 Å². The zero-order chi connectivity index (χ0) is 19.8. The second-order valence-electron chi connectivity index (χ2n) is 5.96. The Morgan fingerprint density at radius 1 is 0.889 bits per heavy atom. The molecule has 148 valence electrons. The molecule has 0 saturated carbocycles. The van der Waals surface area contributed by atoms with Crippen LogP contribution in [0.25, 0.3) is 5.57 Å². The highest BCUT2D eigenvalue weighted by Gasteiger charge is 2.41. The van der Waals surface area contributed by atoms with E-state index in [9.17, 15) is 9.59 Å². The number of methoxy groups -OCH3 is 3. The normalized spacial score (nSPS) is 14.4. The molecule has 0 fully saturated rings. The van der Waals surface area contributed by atoms with Gasteiger partial charge in [-0.15, -0.1) is 0 Å². The zero-order valence-corrected chi connectivity index (χ0v) is 16.6. The lowest BCUT2D eigenvalue weighted by Crippen LogP contribution is -2.39. The highest BCUT2D eigenvalue weighted by Crippen LogP contribution is 2.32. The summed E-state index contributed by atoms with van der Waals surface area (Å²) >= 11 is 5.98. The van der Waals surface area contributed by atoms with E-state index >= 15 is 0 Å². The fourth-order valence-corrected chi connectivity index (χ4v) is 2.98. The van der Waals surface area contributed by atoms with Crippen LogP contribution in [0.4, 0.5) is 0 Å². The molecule has 1 aromatic carbocycles. The molecule has 2 rings (SSSR count). The summed E-state index contributed by atoms with van der Waals surface area (Å²) in [5.74, 6) is -0.677. The topological polar surface area (TPSA) is 68.3 Å². The molecule has 1 aliphatic rings. The van der Waals surface area contributed by atoms with Crippen LogP contribution >= 0.6 is 11.6 Å². The van der Waals surface area contributed by atoms with Crippen LogP contribution < -0.4 is 0 Å². The Bertz CT molecular complexity index is 682. The summed E-state index contributed by atoms with van der Waals surface area (Å²) in [5, 5.41) is 0.560. The monoisotopic (exact) mass is 396 g/mol. The van der Waals surface area contributed by atoms with Crippen LogP contribution in [0.15, 0.2) is 30.0 Å². The molecule has 0 bridgehead atoms. The summed E-state index contributed by atoms with van der Waals surface area (Å²) in [5.41, 5.74) is 1.36. The van der Waals surface area contributed by atoms with Crippen molar-refractivity contribution in [3.63, 3.8) is 0 Å². The molecule has 1 aliphatic heterocycles. The summed E-state index contributed by atoms with van der Waals surface area (Å²) < 4.78 is 15.4. The lowest BCUT2D eigenvalue weighted by molar-refractivity contribution is -0.138. The average molecular weight is 397 g/mol. The molecule has 0 spiro atoms. The molecular formula is C19H25ClN2O5. The minimum absolute atomic E-state index is 0.192. The van der Waals surface area contributed by atoms with Gasteiger partial charge in [0.2, 0.25) is 0 Å². The first-order valence-corrected chi connectivity index (χ1v) is 9.01. The summed E-state index contributed by atoms with van der Waals surface area (Å²) in [6.45, 7) is 2.22. The molecule has 7 nitrogen and oxygen atoms in total. The van der Waals surface area contributed by atoms with Crippen molar-refractivity contribution < 1.29 is 23.8 Å². The van der Waals surface area contributed by atoms with Crippen LogP contribution in [0.1, 0.15) is 5.56 Å². The van der Waals surface area contributed by atoms with E-state index in [1.54, 1.807) is 38.5 Å². The van der Waals surface area contributed by atoms with Gasteiger partial charge in [0.1, 0.15) is 5.70 Å². The van der Waals surface area contributed by atoms with Crippen molar-refractivity contribution in [2.75, 3.05) is 60.8 Å². The molecule has 0 saturated heterocycles. The number of rotatable bonds is 11. The summed E-state index contributed by atoms with van der Waals surface area (Å²) in [7, 11) is 4.72. The Hall–Kier alpha value is -1.93. The van der Waals surface area contributed by atoms with Crippen molar-refractivity contribution in [3.05, 3.63) is 40.5 Å². The SMILES string of the molecule is COCCN(CCOC)C1=C(c2ccc(Cl)cc2)C(=O)N(CCOC)C1=O. The molecule has 0 aromatic heterocycles. The molecule has 27 heavy (non-hydrogen) atoms. The number of nitrogens with zero attached hydrogens (tertiary/aromatic N) is 2. The first-order valence-electron chi connectivity index (χ1n) is 8.63. The van der Waals surface area contributed by atoms with Crippen molar-refractivity contribution in [1.29, 1.82) is 0 Å². The maximum Gasteiger partial charge on any atom is 0.277 e. The molecule has 1 heterocycles. The van der Waals surface area contributed by atoms with Crippen molar-refractivity contribution in [3.8, 4) is 0 Å². The lowest BCUT2D eigenvalue weighted by Gasteiger charge is -2.25. The Morgan fingerprint density at radius 3 is 1.96 bits per heavy atom. The van der Waals surface area contributed by atoms with Gasteiger partial charge in [0, 0.05) is 39.4 Å². The predicted molar refractivity (Wildman–Crippen MR) is 102 cm³/mol. The number of carbonyl (C=O) groups is 2. The number of ether oxygens (including phenoxy) is 3. The Balaban J connectivity index is 2.48. The number of benzene rings is 1. The molecule has 0 N–H and O–H groups in total. The van der Waals surface area contributed by atoms with Crippen LogP contribution in [-0.2, 0) is 23.8 Å². The van der Waals surface area contributed by atoms with Gasteiger partial charge in [0.25, 0.3) is 11.8 Å². The third kappa shape index (κ3) is 5.07. The molecule has 2 amide bonds. The average Bonchev–Trinajstić information content (AvgIpc) is 2.91. The van der Waals surface area contributed by atoms with Crippen LogP contribution in [0, 0.1) is 0 Å². The second kappa shape index (κ2) is 10.4. The fourth-order valence-electron chi connectivity index (χ4n) is 2.86. The van der Waals surface area contributed by atoms with E-state index in [0.717, 1.165) is 0 Å². The van der Waals surface area contributed by atoms with Gasteiger partial charge in [0.15, 0.2) is 0 Å². The minimum Gasteiger partial charge on any atom is -0.383 e. The number of hydrogen-bond acceptors (Lipinski definition) is 6. The van der Waals surface area contributed by atoms with E-state index in [4.69, 9.17) is 25.8 Å². The Kier molecular flexibility index (Phi) is 8.24. The fraction of sp³-hybridized carbons (Fsp3) is 0.474. The maximum atomic E-state index is 13.1. The van der Waals surface area contributed by atoms with Gasteiger partial charge < -0.3 is 19.1 Å². The Morgan fingerprint density at radius 2 is 1.44 bits per heavy atom. The minimum atomic E-state index is -0.339. The second-order valence-corrected chi connectivity index (χ2v) is 6.39. The van der Waals surface area contributed by atoms with Gasteiger partial charge in [-0.25, -0.2) is 0 Å². The number of carbonyl (C=O) groups excluding carboxylic acids is 2. The molecule has 8 heteroatoms. The third-order valence-electron chi connectivity index (χ3n) is 4.24. The molecule has 0 unspecified atom stereocenters. The molecular weight excluding hydrogens is 372 g/mol. The van der Waals surface area contributed by atoms with Crippen LogP contribution in [-0.4, -0.2) is 82.4 Å². The van der Waals surface area contributed by atoms with Gasteiger partial charge >= 0.3 is 0 Å².